The molecule has 2 aromatic carbocycles. The normalized spacial score (nSPS) is 10.0. The Hall–Kier alpha value is -1.39. The van der Waals surface area contributed by atoms with Crippen molar-refractivity contribution in [2.24, 2.45) is 0 Å². The zero-order chi connectivity index (χ0) is 13.7. The molecule has 0 bridgehead atoms. The van der Waals surface area contributed by atoms with Gasteiger partial charge in [0.1, 0.15) is 0 Å². The molecule has 0 aromatic heterocycles. The predicted octanol–water partition coefficient (Wildman–Crippen LogP) is 4.24. The van der Waals surface area contributed by atoms with Gasteiger partial charge in [0, 0.05) is 16.7 Å². The molecule has 4 heteroatoms. The molecule has 0 spiro atoms. The number of hydrogen-bond acceptors (Lipinski definition) is 1. The molecule has 0 radical (unpaired) electrons. The van der Waals surface area contributed by atoms with E-state index in [4.69, 9.17) is 12.2 Å². The minimum absolute atomic E-state index is 0.624. The summed E-state index contributed by atoms with van der Waals surface area (Å²) in [5, 5.41) is 6.97. The Morgan fingerprint density at radius 2 is 1.89 bits per heavy atom. The van der Waals surface area contributed by atoms with Crippen molar-refractivity contribution >= 4 is 38.9 Å². The second-order valence-corrected chi connectivity index (χ2v) is 5.63. The molecule has 0 unspecified atom stereocenters. The summed E-state index contributed by atoms with van der Waals surface area (Å²) in [6.45, 7) is 2.80. The molecule has 19 heavy (non-hydrogen) atoms. The summed E-state index contributed by atoms with van der Waals surface area (Å²) in [5.74, 6) is 0. The molecule has 0 atom stereocenters. The van der Waals surface area contributed by atoms with Crippen LogP contribution in [0.25, 0.3) is 0 Å². The largest absolute Gasteiger partial charge is 0.358 e. The van der Waals surface area contributed by atoms with E-state index in [2.05, 4.69) is 57.8 Å². The van der Waals surface area contributed by atoms with Crippen molar-refractivity contribution in [1.82, 2.24) is 5.32 Å². The first-order chi connectivity index (χ1) is 9.13. The second kappa shape index (κ2) is 6.68. The fourth-order valence-corrected chi connectivity index (χ4v) is 2.22. The lowest BCUT2D eigenvalue weighted by Gasteiger charge is -2.11. The average Bonchev–Trinajstić information content (AvgIpc) is 2.38. The third-order valence-corrected chi connectivity index (χ3v) is 3.40. The van der Waals surface area contributed by atoms with Crippen LogP contribution in [0, 0.1) is 6.92 Å². The molecule has 0 saturated heterocycles. The van der Waals surface area contributed by atoms with Crippen LogP contribution in [0.1, 0.15) is 11.1 Å². The number of hydrogen-bond donors (Lipinski definition) is 2. The third kappa shape index (κ3) is 4.65. The standard InChI is InChI=1S/C15H15BrN2S/c1-11-5-7-12(8-6-11)10-17-15(19)18-14-4-2-3-13(16)9-14/h2-9H,10H2,1H3,(H2,17,18,19). The van der Waals surface area contributed by atoms with E-state index in [1.165, 1.54) is 11.1 Å². The molecular weight excluding hydrogens is 320 g/mol. The maximum Gasteiger partial charge on any atom is 0.171 e. The van der Waals surface area contributed by atoms with Gasteiger partial charge in [0.2, 0.25) is 0 Å². The van der Waals surface area contributed by atoms with Crippen molar-refractivity contribution < 1.29 is 0 Å². The summed E-state index contributed by atoms with van der Waals surface area (Å²) < 4.78 is 1.03. The number of anilines is 1. The lowest BCUT2D eigenvalue weighted by atomic mass is 10.1. The Morgan fingerprint density at radius 3 is 2.58 bits per heavy atom. The molecule has 98 valence electrons. The predicted molar refractivity (Wildman–Crippen MR) is 88.4 cm³/mol. The van der Waals surface area contributed by atoms with Crippen molar-refractivity contribution in [3.63, 3.8) is 0 Å². The van der Waals surface area contributed by atoms with Gasteiger partial charge in [-0.05, 0) is 42.9 Å². The Bertz CT molecular complexity index is 567. The molecule has 0 fully saturated rings. The Balaban J connectivity index is 1.86. The summed E-state index contributed by atoms with van der Waals surface area (Å²) in [6.07, 6.45) is 0. The monoisotopic (exact) mass is 334 g/mol. The minimum Gasteiger partial charge on any atom is -0.358 e. The second-order valence-electron chi connectivity index (χ2n) is 4.30. The number of thiocarbonyl (C=S) groups is 1. The first-order valence-corrected chi connectivity index (χ1v) is 7.19. The summed E-state index contributed by atoms with van der Waals surface area (Å²) in [7, 11) is 0. The number of rotatable bonds is 3. The molecule has 0 saturated carbocycles. The molecule has 2 N–H and O–H groups in total. The highest BCUT2D eigenvalue weighted by Crippen LogP contribution is 2.15. The summed E-state index contributed by atoms with van der Waals surface area (Å²) in [5.41, 5.74) is 3.44. The van der Waals surface area contributed by atoms with Crippen LogP contribution in [0.3, 0.4) is 0 Å². The molecule has 2 aromatic rings. The zero-order valence-electron chi connectivity index (χ0n) is 10.6. The third-order valence-electron chi connectivity index (χ3n) is 2.66. The summed E-state index contributed by atoms with van der Waals surface area (Å²) in [4.78, 5) is 0. The summed E-state index contributed by atoms with van der Waals surface area (Å²) in [6, 6.07) is 16.3. The van der Waals surface area contributed by atoms with Crippen LogP contribution in [0.2, 0.25) is 0 Å². The minimum atomic E-state index is 0.624. The van der Waals surface area contributed by atoms with E-state index in [1.807, 2.05) is 24.3 Å². The van der Waals surface area contributed by atoms with Crippen molar-refractivity contribution in [3.8, 4) is 0 Å². The van der Waals surface area contributed by atoms with Gasteiger partial charge in [0.05, 0.1) is 0 Å². The van der Waals surface area contributed by atoms with Gasteiger partial charge in [0.25, 0.3) is 0 Å². The highest BCUT2D eigenvalue weighted by Gasteiger charge is 1.98. The lowest BCUT2D eigenvalue weighted by Crippen LogP contribution is -2.27. The quantitative estimate of drug-likeness (QED) is 0.821. The molecule has 0 aliphatic carbocycles. The van der Waals surface area contributed by atoms with Gasteiger partial charge < -0.3 is 10.6 Å². The highest BCUT2D eigenvalue weighted by atomic mass is 79.9. The van der Waals surface area contributed by atoms with Gasteiger partial charge >= 0.3 is 0 Å². The van der Waals surface area contributed by atoms with E-state index in [-0.39, 0.29) is 0 Å². The maximum atomic E-state index is 5.27. The number of benzene rings is 2. The Labute approximate surface area is 127 Å². The Kier molecular flexibility index (Phi) is 4.93. The SMILES string of the molecule is Cc1ccc(CNC(=S)Nc2cccc(Br)c2)cc1. The Morgan fingerprint density at radius 1 is 1.16 bits per heavy atom. The van der Waals surface area contributed by atoms with Gasteiger partial charge in [-0.2, -0.15) is 0 Å². The van der Waals surface area contributed by atoms with Crippen LogP contribution in [0.15, 0.2) is 53.0 Å². The van der Waals surface area contributed by atoms with Crippen LogP contribution in [0.5, 0.6) is 0 Å². The number of halogens is 1. The summed E-state index contributed by atoms with van der Waals surface area (Å²) >= 11 is 8.70. The van der Waals surface area contributed by atoms with Crippen LogP contribution in [0.4, 0.5) is 5.69 Å². The molecule has 0 heterocycles. The van der Waals surface area contributed by atoms with Gasteiger partial charge in [-0.15, -0.1) is 0 Å². The fraction of sp³-hybridized carbons (Fsp3) is 0.133. The number of aryl methyl sites for hydroxylation is 1. The topological polar surface area (TPSA) is 24.1 Å². The first kappa shape index (κ1) is 14.0. The van der Waals surface area contributed by atoms with E-state index in [0.717, 1.165) is 16.7 Å². The molecular formula is C15H15BrN2S. The molecule has 0 aliphatic rings. The molecule has 0 aliphatic heterocycles. The van der Waals surface area contributed by atoms with Crippen molar-refractivity contribution in [1.29, 1.82) is 0 Å². The molecule has 0 amide bonds. The van der Waals surface area contributed by atoms with E-state index in [0.29, 0.717) is 5.11 Å². The molecule has 2 nitrogen and oxygen atoms in total. The van der Waals surface area contributed by atoms with Gasteiger partial charge in [-0.1, -0.05) is 51.8 Å². The maximum absolute atomic E-state index is 5.27. The van der Waals surface area contributed by atoms with E-state index < -0.39 is 0 Å². The van der Waals surface area contributed by atoms with Crippen LogP contribution < -0.4 is 10.6 Å². The zero-order valence-corrected chi connectivity index (χ0v) is 13.0. The van der Waals surface area contributed by atoms with Gasteiger partial charge in [-0.3, -0.25) is 0 Å². The van der Waals surface area contributed by atoms with Crippen molar-refractivity contribution in [2.75, 3.05) is 5.32 Å². The fourth-order valence-electron chi connectivity index (χ4n) is 1.63. The van der Waals surface area contributed by atoms with Crippen LogP contribution in [-0.2, 0) is 6.54 Å². The first-order valence-electron chi connectivity index (χ1n) is 5.99. The highest BCUT2D eigenvalue weighted by molar-refractivity contribution is 9.10. The van der Waals surface area contributed by atoms with E-state index >= 15 is 0 Å². The van der Waals surface area contributed by atoms with E-state index in [9.17, 15) is 0 Å². The van der Waals surface area contributed by atoms with Crippen LogP contribution >= 0.6 is 28.1 Å². The van der Waals surface area contributed by atoms with Crippen molar-refractivity contribution in [3.05, 3.63) is 64.1 Å². The number of nitrogens with one attached hydrogen (secondary N) is 2. The van der Waals surface area contributed by atoms with E-state index in [1.54, 1.807) is 0 Å². The van der Waals surface area contributed by atoms with Crippen molar-refractivity contribution in [2.45, 2.75) is 13.5 Å². The lowest BCUT2D eigenvalue weighted by molar-refractivity contribution is 0.925. The smallest absolute Gasteiger partial charge is 0.171 e. The van der Waals surface area contributed by atoms with Gasteiger partial charge in [-0.25, -0.2) is 0 Å². The molecule has 2 rings (SSSR count). The van der Waals surface area contributed by atoms with Crippen LogP contribution in [-0.4, -0.2) is 5.11 Å². The average molecular weight is 335 g/mol. The van der Waals surface area contributed by atoms with Gasteiger partial charge in [0.15, 0.2) is 5.11 Å².